The first-order chi connectivity index (χ1) is 23.9. The Bertz CT molecular complexity index is 3100. The smallest absolute Gasteiger partial charge is 0.143 e. The van der Waals surface area contributed by atoms with Crippen molar-refractivity contribution in [1.29, 1.82) is 0 Å². The highest BCUT2D eigenvalue weighted by atomic mass is 16.3. The number of hydrogen-bond acceptors (Lipinski definition) is 1. The van der Waals surface area contributed by atoms with E-state index in [9.17, 15) is 0 Å². The lowest BCUT2D eigenvalue weighted by Gasteiger charge is -2.22. The summed E-state index contributed by atoms with van der Waals surface area (Å²) in [6, 6.07) is 52.1. The van der Waals surface area contributed by atoms with E-state index < -0.39 is 0 Å². The Balaban J connectivity index is 1.12. The molecule has 0 radical (unpaired) electrons. The molecule has 0 bridgehead atoms. The van der Waals surface area contributed by atoms with Crippen LogP contribution in [-0.2, 0) is 5.41 Å². The molecule has 1 aromatic heterocycles. The van der Waals surface area contributed by atoms with Crippen LogP contribution in [0.2, 0.25) is 0 Å². The van der Waals surface area contributed by atoms with Crippen LogP contribution in [0.5, 0.6) is 0 Å². The molecule has 0 spiro atoms. The molecule has 10 aromatic carbocycles. The second-order valence-electron chi connectivity index (χ2n) is 14.9. The average Bonchev–Trinajstić information content (AvgIpc) is 3.50. The average molecular weight is 625 g/mol. The maximum Gasteiger partial charge on any atom is 0.143 e. The van der Waals surface area contributed by atoms with E-state index in [1.165, 1.54) is 86.9 Å². The fourth-order valence-corrected chi connectivity index (χ4v) is 8.65. The molecule has 0 aliphatic heterocycles. The lowest BCUT2D eigenvalue weighted by Crippen LogP contribution is -2.10. The van der Waals surface area contributed by atoms with E-state index in [4.69, 9.17) is 4.42 Å². The number of fused-ring (bicyclic) bond motifs is 3. The molecule has 230 valence electrons. The van der Waals surface area contributed by atoms with Crippen LogP contribution in [0.3, 0.4) is 0 Å². The maximum absolute atomic E-state index is 6.74. The summed E-state index contributed by atoms with van der Waals surface area (Å²) in [5.41, 5.74) is 8.11. The molecule has 1 heteroatoms. The SMILES string of the molecule is CC(C)(C)c1cc2ccc3ccc(-c4ccc5oc6c(-c7ccc8ccc9cccc%10ccc7c8c9%10)cccc6c5c4)c4ccc(c1)c2c34. The van der Waals surface area contributed by atoms with Crippen molar-refractivity contribution in [3.05, 3.63) is 145 Å². The molecule has 0 saturated carbocycles. The predicted octanol–water partition coefficient (Wildman–Crippen LogP) is 14.0. The van der Waals surface area contributed by atoms with Gasteiger partial charge >= 0.3 is 0 Å². The molecule has 0 unspecified atom stereocenters. The van der Waals surface area contributed by atoms with E-state index >= 15 is 0 Å². The Hall–Kier alpha value is -5.92. The van der Waals surface area contributed by atoms with Gasteiger partial charge in [-0.25, -0.2) is 0 Å². The minimum Gasteiger partial charge on any atom is -0.455 e. The normalized spacial score (nSPS) is 12.8. The van der Waals surface area contributed by atoms with Crippen LogP contribution >= 0.6 is 0 Å². The van der Waals surface area contributed by atoms with Gasteiger partial charge in [0, 0.05) is 16.3 Å². The van der Waals surface area contributed by atoms with Crippen LogP contribution < -0.4 is 0 Å². The number of para-hydroxylation sites is 1. The Morgan fingerprint density at radius 3 is 1.65 bits per heavy atom. The van der Waals surface area contributed by atoms with Gasteiger partial charge in [-0.1, -0.05) is 148 Å². The molecule has 0 N–H and O–H groups in total. The van der Waals surface area contributed by atoms with E-state index in [0.29, 0.717) is 0 Å². The zero-order valence-electron chi connectivity index (χ0n) is 27.7. The van der Waals surface area contributed by atoms with Gasteiger partial charge in [-0.15, -0.1) is 0 Å². The Kier molecular flexibility index (Phi) is 5.17. The molecule has 0 fully saturated rings. The third kappa shape index (κ3) is 3.70. The summed E-state index contributed by atoms with van der Waals surface area (Å²) in [5.74, 6) is 0. The molecular formula is C48H32O. The molecule has 0 aliphatic rings. The van der Waals surface area contributed by atoms with Gasteiger partial charge in [-0.3, -0.25) is 0 Å². The van der Waals surface area contributed by atoms with Gasteiger partial charge in [0.05, 0.1) is 0 Å². The van der Waals surface area contributed by atoms with Crippen LogP contribution in [0.1, 0.15) is 26.3 Å². The van der Waals surface area contributed by atoms with Crippen LogP contribution in [0.25, 0.3) is 109 Å². The molecule has 11 rings (SSSR count). The van der Waals surface area contributed by atoms with E-state index in [-0.39, 0.29) is 5.41 Å². The number of hydrogen-bond donors (Lipinski definition) is 0. The van der Waals surface area contributed by atoms with E-state index in [1.54, 1.807) is 0 Å². The van der Waals surface area contributed by atoms with Crippen molar-refractivity contribution < 1.29 is 4.42 Å². The lowest BCUT2D eigenvalue weighted by molar-refractivity contribution is 0.591. The van der Waals surface area contributed by atoms with Crippen molar-refractivity contribution in [3.63, 3.8) is 0 Å². The zero-order chi connectivity index (χ0) is 32.6. The number of rotatable bonds is 2. The molecule has 0 atom stereocenters. The summed E-state index contributed by atoms with van der Waals surface area (Å²) in [5, 5.41) is 18.0. The fourth-order valence-electron chi connectivity index (χ4n) is 8.65. The molecule has 49 heavy (non-hydrogen) atoms. The van der Waals surface area contributed by atoms with Gasteiger partial charge in [0.1, 0.15) is 11.2 Å². The van der Waals surface area contributed by atoms with Crippen molar-refractivity contribution >= 4 is 86.6 Å². The van der Waals surface area contributed by atoms with Crippen molar-refractivity contribution in [1.82, 2.24) is 0 Å². The highest BCUT2D eigenvalue weighted by Crippen LogP contribution is 2.45. The predicted molar refractivity (Wildman–Crippen MR) is 211 cm³/mol. The highest BCUT2D eigenvalue weighted by molar-refractivity contribution is 6.27. The quantitative estimate of drug-likeness (QED) is 0.174. The third-order valence-electron chi connectivity index (χ3n) is 11.1. The molecule has 0 aliphatic carbocycles. The first-order valence-corrected chi connectivity index (χ1v) is 17.3. The molecule has 0 amide bonds. The van der Waals surface area contributed by atoms with Crippen LogP contribution in [-0.4, -0.2) is 0 Å². The second-order valence-corrected chi connectivity index (χ2v) is 14.9. The van der Waals surface area contributed by atoms with Crippen molar-refractivity contribution in [2.45, 2.75) is 26.2 Å². The zero-order valence-corrected chi connectivity index (χ0v) is 27.7. The highest BCUT2D eigenvalue weighted by Gasteiger charge is 2.20. The second kappa shape index (κ2) is 9.36. The Morgan fingerprint density at radius 1 is 0.388 bits per heavy atom. The Labute approximate surface area is 283 Å². The topological polar surface area (TPSA) is 13.1 Å². The maximum atomic E-state index is 6.74. The van der Waals surface area contributed by atoms with Gasteiger partial charge in [0.2, 0.25) is 0 Å². The van der Waals surface area contributed by atoms with Crippen LogP contribution in [0.4, 0.5) is 0 Å². The summed E-state index contributed by atoms with van der Waals surface area (Å²) in [6.45, 7) is 6.88. The van der Waals surface area contributed by atoms with Gasteiger partial charge in [-0.2, -0.15) is 0 Å². The van der Waals surface area contributed by atoms with Crippen molar-refractivity contribution in [3.8, 4) is 22.3 Å². The van der Waals surface area contributed by atoms with Crippen LogP contribution in [0.15, 0.2) is 144 Å². The summed E-state index contributed by atoms with van der Waals surface area (Å²) < 4.78 is 6.74. The van der Waals surface area contributed by atoms with Gasteiger partial charge in [0.25, 0.3) is 0 Å². The van der Waals surface area contributed by atoms with E-state index in [0.717, 1.165) is 27.5 Å². The summed E-state index contributed by atoms with van der Waals surface area (Å²) in [6.07, 6.45) is 0. The van der Waals surface area contributed by atoms with Crippen molar-refractivity contribution in [2.24, 2.45) is 0 Å². The standard InChI is InChI=1S/C48H32O/c1-48(2,3)34-24-32-13-12-30-14-19-35(37-22-17-33(25-34)44(32)45(30)37)31-18-23-42-41(26-31)40-9-5-8-39(47(40)49-42)36-20-15-29-11-10-27-6-4-7-28-16-21-38(36)46(29)43(27)28/h4-26H,1-3H3. The van der Waals surface area contributed by atoms with Gasteiger partial charge < -0.3 is 4.42 Å². The lowest BCUT2D eigenvalue weighted by atomic mass is 9.82. The minimum absolute atomic E-state index is 0.0955. The molecular weight excluding hydrogens is 593 g/mol. The van der Waals surface area contributed by atoms with E-state index in [2.05, 4.69) is 160 Å². The van der Waals surface area contributed by atoms with Crippen LogP contribution in [0, 0.1) is 0 Å². The summed E-state index contributed by atoms with van der Waals surface area (Å²) >= 11 is 0. The monoisotopic (exact) mass is 624 g/mol. The Morgan fingerprint density at radius 2 is 0.939 bits per heavy atom. The minimum atomic E-state index is 0.0955. The largest absolute Gasteiger partial charge is 0.455 e. The molecule has 1 heterocycles. The number of benzene rings is 10. The third-order valence-corrected chi connectivity index (χ3v) is 11.1. The van der Waals surface area contributed by atoms with E-state index in [1.807, 2.05) is 0 Å². The number of furan rings is 1. The first kappa shape index (κ1) is 27.1. The first-order valence-electron chi connectivity index (χ1n) is 17.3. The molecule has 0 saturated heterocycles. The summed E-state index contributed by atoms with van der Waals surface area (Å²) in [7, 11) is 0. The van der Waals surface area contributed by atoms with Crippen molar-refractivity contribution in [2.75, 3.05) is 0 Å². The van der Waals surface area contributed by atoms with Gasteiger partial charge in [0.15, 0.2) is 0 Å². The summed E-state index contributed by atoms with van der Waals surface area (Å²) in [4.78, 5) is 0. The molecule has 1 nitrogen and oxygen atoms in total. The molecule has 11 aromatic rings. The fraction of sp³-hybridized carbons (Fsp3) is 0.0833. The van der Waals surface area contributed by atoms with Gasteiger partial charge in [-0.05, 0) is 104 Å².